The van der Waals surface area contributed by atoms with E-state index in [9.17, 15) is 10.2 Å². The molecule has 0 radical (unpaired) electrons. The van der Waals surface area contributed by atoms with E-state index in [0.29, 0.717) is 17.1 Å². The Morgan fingerprint density at radius 3 is 2.53 bits per heavy atom. The van der Waals surface area contributed by atoms with Gasteiger partial charge in [0.15, 0.2) is 11.5 Å². The first kappa shape index (κ1) is 12.1. The molecule has 84 valence electrons. The lowest BCUT2D eigenvalue weighted by Gasteiger charge is -2.15. The average molecular weight is 233 g/mol. The molecule has 0 bridgehead atoms. The fourth-order valence-corrected chi connectivity index (χ4v) is 1.66. The van der Waals surface area contributed by atoms with Crippen molar-refractivity contribution in [3.05, 3.63) is 22.7 Å². The third-order valence-corrected chi connectivity index (χ3v) is 2.50. The van der Waals surface area contributed by atoms with Crippen LogP contribution in [0, 0.1) is 0 Å². The maximum absolute atomic E-state index is 9.36. The molecule has 0 aliphatic rings. The molecule has 0 saturated heterocycles. The number of quaternary nitrogens is 1. The van der Waals surface area contributed by atoms with Gasteiger partial charge in [-0.3, -0.25) is 0 Å². The number of methoxy groups -OCH3 is 1. The van der Waals surface area contributed by atoms with Crippen LogP contribution in [0.3, 0.4) is 0 Å². The first-order chi connectivity index (χ1) is 7.10. The van der Waals surface area contributed by atoms with Crippen LogP contribution in [0.5, 0.6) is 11.5 Å². The van der Waals surface area contributed by atoms with E-state index in [1.54, 1.807) is 7.11 Å². The number of nitrogens with two attached hydrogens (primary N) is 1. The van der Waals surface area contributed by atoms with Crippen LogP contribution in [0.2, 0.25) is 5.02 Å². The number of ether oxygens (including phenoxy) is 1. The van der Waals surface area contributed by atoms with Crippen molar-refractivity contribution in [2.45, 2.75) is 6.10 Å². The van der Waals surface area contributed by atoms with Crippen molar-refractivity contribution >= 4 is 11.6 Å². The molecule has 0 aromatic heterocycles. The van der Waals surface area contributed by atoms with Gasteiger partial charge < -0.3 is 20.3 Å². The van der Waals surface area contributed by atoms with E-state index in [4.69, 9.17) is 16.3 Å². The number of hydrogen-bond donors (Lipinski definition) is 3. The van der Waals surface area contributed by atoms with Gasteiger partial charge in [0.25, 0.3) is 0 Å². The molecule has 0 saturated carbocycles. The standard InChI is InChI=1S/C10H14ClNO3/c1-12-5-10(15-2)6-3-8(13)9(14)4-7(6)11/h3-4,10,12-14H,5H2,1-2H3/p+1. The zero-order valence-corrected chi connectivity index (χ0v) is 9.45. The zero-order valence-electron chi connectivity index (χ0n) is 8.70. The molecule has 1 atom stereocenters. The molecule has 0 spiro atoms. The van der Waals surface area contributed by atoms with Crippen molar-refractivity contribution in [3.8, 4) is 11.5 Å². The highest BCUT2D eigenvalue weighted by Crippen LogP contribution is 2.34. The third-order valence-electron chi connectivity index (χ3n) is 2.18. The smallest absolute Gasteiger partial charge is 0.158 e. The molecule has 1 aromatic rings. The van der Waals surface area contributed by atoms with Crippen LogP contribution in [0.4, 0.5) is 0 Å². The van der Waals surface area contributed by atoms with Crippen LogP contribution in [0.25, 0.3) is 0 Å². The lowest BCUT2D eigenvalue weighted by Crippen LogP contribution is -2.80. The highest BCUT2D eigenvalue weighted by Gasteiger charge is 2.17. The van der Waals surface area contributed by atoms with E-state index in [-0.39, 0.29) is 17.6 Å². The lowest BCUT2D eigenvalue weighted by atomic mass is 10.1. The van der Waals surface area contributed by atoms with Gasteiger partial charge in [0, 0.05) is 18.7 Å². The van der Waals surface area contributed by atoms with Gasteiger partial charge in [0.1, 0.15) is 12.6 Å². The highest BCUT2D eigenvalue weighted by molar-refractivity contribution is 6.31. The molecule has 4 nitrogen and oxygen atoms in total. The molecule has 0 fully saturated rings. The zero-order chi connectivity index (χ0) is 11.4. The predicted octanol–water partition coefficient (Wildman–Crippen LogP) is 0.632. The third kappa shape index (κ3) is 2.75. The summed E-state index contributed by atoms with van der Waals surface area (Å²) in [5.41, 5.74) is 0.674. The van der Waals surface area contributed by atoms with Crippen molar-refractivity contribution in [2.75, 3.05) is 20.7 Å². The fraction of sp³-hybridized carbons (Fsp3) is 0.400. The van der Waals surface area contributed by atoms with Gasteiger partial charge in [-0.25, -0.2) is 0 Å². The number of phenolic OH excluding ortho intramolecular Hbond substituents is 2. The van der Waals surface area contributed by atoms with Crippen molar-refractivity contribution in [1.82, 2.24) is 0 Å². The number of hydrogen-bond acceptors (Lipinski definition) is 3. The van der Waals surface area contributed by atoms with Crippen LogP contribution in [0.15, 0.2) is 12.1 Å². The van der Waals surface area contributed by atoms with E-state index >= 15 is 0 Å². The van der Waals surface area contributed by atoms with E-state index in [1.165, 1.54) is 12.1 Å². The minimum Gasteiger partial charge on any atom is -0.504 e. The molecular formula is C10H15ClNO3+. The van der Waals surface area contributed by atoms with Crippen LogP contribution < -0.4 is 5.32 Å². The molecule has 0 aliphatic carbocycles. The first-order valence-corrected chi connectivity index (χ1v) is 5.00. The number of halogens is 1. The molecular weight excluding hydrogens is 218 g/mol. The number of rotatable bonds is 4. The Labute approximate surface area is 93.4 Å². The second-order valence-electron chi connectivity index (χ2n) is 3.23. The van der Waals surface area contributed by atoms with Gasteiger partial charge in [-0.2, -0.15) is 0 Å². The Kier molecular flexibility index (Phi) is 4.20. The van der Waals surface area contributed by atoms with Crippen molar-refractivity contribution in [3.63, 3.8) is 0 Å². The summed E-state index contributed by atoms with van der Waals surface area (Å²) in [5.74, 6) is -0.411. The Morgan fingerprint density at radius 1 is 1.40 bits per heavy atom. The van der Waals surface area contributed by atoms with Gasteiger partial charge in [-0.1, -0.05) is 11.6 Å². The maximum atomic E-state index is 9.36. The second kappa shape index (κ2) is 5.21. The number of aromatic hydroxyl groups is 2. The number of benzene rings is 1. The first-order valence-electron chi connectivity index (χ1n) is 4.62. The summed E-state index contributed by atoms with van der Waals surface area (Å²) in [5, 5.41) is 20.9. The molecule has 1 rings (SSSR count). The Bertz CT molecular complexity index is 344. The number of likely N-dealkylation sites (N-methyl/N-ethyl adjacent to an activating group) is 1. The Balaban J connectivity index is 3.06. The topological polar surface area (TPSA) is 66.3 Å². The van der Waals surface area contributed by atoms with Gasteiger partial charge in [0.2, 0.25) is 0 Å². The van der Waals surface area contributed by atoms with Crippen LogP contribution in [0.1, 0.15) is 11.7 Å². The summed E-state index contributed by atoms with van der Waals surface area (Å²) in [6.07, 6.45) is -0.200. The maximum Gasteiger partial charge on any atom is 0.158 e. The quantitative estimate of drug-likeness (QED) is 0.668. The van der Waals surface area contributed by atoms with Crippen LogP contribution in [-0.4, -0.2) is 30.9 Å². The summed E-state index contributed by atoms with van der Waals surface area (Å²) >= 11 is 5.95. The highest BCUT2D eigenvalue weighted by atomic mass is 35.5. The predicted molar refractivity (Wildman–Crippen MR) is 57.2 cm³/mol. The monoisotopic (exact) mass is 232 g/mol. The molecule has 4 N–H and O–H groups in total. The minimum absolute atomic E-state index is 0.187. The van der Waals surface area contributed by atoms with Gasteiger partial charge in [-0.15, -0.1) is 0 Å². The largest absolute Gasteiger partial charge is 0.504 e. The Morgan fingerprint density at radius 2 is 2.00 bits per heavy atom. The van der Waals surface area contributed by atoms with Crippen molar-refractivity contribution in [2.24, 2.45) is 0 Å². The summed E-state index contributed by atoms with van der Waals surface area (Å²) in [6.45, 7) is 0.695. The molecule has 0 heterocycles. The summed E-state index contributed by atoms with van der Waals surface area (Å²) in [6, 6.07) is 2.74. The van der Waals surface area contributed by atoms with Gasteiger partial charge >= 0.3 is 0 Å². The fourth-order valence-electron chi connectivity index (χ4n) is 1.38. The van der Waals surface area contributed by atoms with E-state index in [2.05, 4.69) is 0 Å². The van der Waals surface area contributed by atoms with Gasteiger partial charge in [-0.05, 0) is 6.07 Å². The van der Waals surface area contributed by atoms with E-state index in [0.717, 1.165) is 0 Å². The van der Waals surface area contributed by atoms with Gasteiger partial charge in [0.05, 0.1) is 12.1 Å². The second-order valence-corrected chi connectivity index (χ2v) is 3.64. The molecule has 5 heteroatoms. The van der Waals surface area contributed by atoms with Crippen molar-refractivity contribution < 1.29 is 20.3 Å². The molecule has 1 unspecified atom stereocenters. The Hall–Kier alpha value is -0.970. The molecule has 15 heavy (non-hydrogen) atoms. The molecule has 1 aromatic carbocycles. The van der Waals surface area contributed by atoms with Crippen LogP contribution >= 0.6 is 11.6 Å². The summed E-state index contributed by atoms with van der Waals surface area (Å²) in [7, 11) is 3.49. The van der Waals surface area contributed by atoms with E-state index in [1.807, 2.05) is 12.4 Å². The van der Waals surface area contributed by atoms with Crippen molar-refractivity contribution in [1.29, 1.82) is 0 Å². The SMILES string of the molecule is C[NH2+]CC(OC)c1cc(O)c(O)cc1Cl. The lowest BCUT2D eigenvalue weighted by molar-refractivity contribution is -0.635. The summed E-state index contributed by atoms with van der Waals surface area (Å²) < 4.78 is 5.24. The average Bonchev–Trinajstić information content (AvgIpc) is 2.20. The number of phenols is 2. The summed E-state index contributed by atoms with van der Waals surface area (Å²) in [4.78, 5) is 0. The normalized spacial score (nSPS) is 12.7. The minimum atomic E-state index is -0.223. The molecule has 0 amide bonds. The molecule has 0 aliphatic heterocycles. The van der Waals surface area contributed by atoms with E-state index < -0.39 is 0 Å². The van der Waals surface area contributed by atoms with Crippen LogP contribution in [-0.2, 0) is 4.74 Å².